The van der Waals surface area contributed by atoms with E-state index in [0.29, 0.717) is 17.9 Å². The third-order valence-corrected chi connectivity index (χ3v) is 6.36. The molecule has 0 unspecified atom stereocenters. The molecule has 1 heteroatoms. The molecule has 0 fully saturated rings. The van der Waals surface area contributed by atoms with Gasteiger partial charge in [0.2, 0.25) is 0 Å². The van der Waals surface area contributed by atoms with Gasteiger partial charge in [0.1, 0.15) is 0 Å². The van der Waals surface area contributed by atoms with Crippen LogP contribution in [-0.2, 0) is 6.42 Å². The van der Waals surface area contributed by atoms with Crippen LogP contribution in [0.25, 0.3) is 10.8 Å². The van der Waals surface area contributed by atoms with E-state index in [4.69, 9.17) is 0 Å². The summed E-state index contributed by atoms with van der Waals surface area (Å²) in [4.78, 5) is 2.51. The predicted molar refractivity (Wildman–Crippen MR) is 91.5 cm³/mol. The van der Waals surface area contributed by atoms with Crippen molar-refractivity contribution in [3.63, 3.8) is 0 Å². The lowest BCUT2D eigenvalue weighted by molar-refractivity contribution is 0.527. The predicted octanol–water partition coefficient (Wildman–Crippen LogP) is 5.08. The van der Waals surface area contributed by atoms with Crippen molar-refractivity contribution in [1.29, 1.82) is 0 Å². The van der Waals surface area contributed by atoms with Gasteiger partial charge >= 0.3 is 0 Å². The average molecular weight is 279 g/mol. The monoisotopic (exact) mass is 279 g/mol. The maximum absolute atomic E-state index is 2.51. The van der Waals surface area contributed by atoms with Crippen molar-refractivity contribution in [3.05, 3.63) is 41.0 Å². The van der Waals surface area contributed by atoms with E-state index in [-0.39, 0.29) is 0 Å². The molecule has 0 aromatic heterocycles. The molecule has 2 aromatic carbocycles. The maximum Gasteiger partial charge on any atom is 0.0485 e. The zero-order chi connectivity index (χ0) is 14.9. The topological polar surface area (TPSA) is 3.24 Å². The molecule has 0 amide bonds. The summed E-state index contributed by atoms with van der Waals surface area (Å²) in [6.45, 7) is 9.63. The van der Waals surface area contributed by atoms with E-state index in [2.05, 4.69) is 63.9 Å². The zero-order valence-electron chi connectivity index (χ0n) is 13.8. The Labute approximate surface area is 128 Å². The molecule has 2 aliphatic rings. The lowest BCUT2D eigenvalue weighted by Crippen LogP contribution is -2.26. The fourth-order valence-electron chi connectivity index (χ4n) is 4.68. The highest BCUT2D eigenvalue weighted by Gasteiger charge is 2.40. The highest BCUT2D eigenvalue weighted by molar-refractivity contribution is 6.01. The quantitative estimate of drug-likeness (QED) is 0.650. The summed E-state index contributed by atoms with van der Waals surface area (Å²) >= 11 is 0. The van der Waals surface area contributed by atoms with Crippen molar-refractivity contribution in [1.82, 2.24) is 0 Å². The highest BCUT2D eigenvalue weighted by Crippen LogP contribution is 2.53. The van der Waals surface area contributed by atoms with Crippen LogP contribution >= 0.6 is 0 Å². The van der Waals surface area contributed by atoms with Gasteiger partial charge in [-0.3, -0.25) is 0 Å². The Morgan fingerprint density at radius 2 is 1.57 bits per heavy atom. The molecule has 1 nitrogen and oxygen atoms in total. The highest BCUT2D eigenvalue weighted by atomic mass is 15.2. The SMILES string of the molecule is C[C@@H]1c2c3c(c4ccccc4c2C[C@@H]1C)N(C)[C@@H](C)[C@H]3C. The normalized spacial score (nSPS) is 30.8. The molecule has 0 saturated heterocycles. The second-order valence-corrected chi connectivity index (χ2v) is 7.31. The molecule has 0 N–H and O–H groups in total. The van der Waals surface area contributed by atoms with Gasteiger partial charge < -0.3 is 4.90 Å². The van der Waals surface area contributed by atoms with Crippen LogP contribution in [0.1, 0.15) is 56.2 Å². The molecule has 4 rings (SSSR count). The number of benzene rings is 2. The summed E-state index contributed by atoms with van der Waals surface area (Å²) in [6.07, 6.45) is 1.25. The number of nitrogens with zero attached hydrogens (tertiary/aromatic N) is 1. The summed E-state index contributed by atoms with van der Waals surface area (Å²) in [5, 5.41) is 2.96. The molecule has 1 aliphatic heterocycles. The molecule has 2 aromatic rings. The number of hydrogen-bond donors (Lipinski definition) is 0. The lowest BCUT2D eigenvalue weighted by Gasteiger charge is -2.22. The van der Waals surface area contributed by atoms with E-state index in [1.165, 1.54) is 22.9 Å². The Kier molecular flexibility index (Phi) is 2.67. The van der Waals surface area contributed by atoms with Gasteiger partial charge in [-0.2, -0.15) is 0 Å². The van der Waals surface area contributed by atoms with Gasteiger partial charge in [0.05, 0.1) is 0 Å². The van der Waals surface area contributed by atoms with Gasteiger partial charge in [0.15, 0.2) is 0 Å². The Hall–Kier alpha value is -1.50. The van der Waals surface area contributed by atoms with Crippen LogP contribution in [-0.4, -0.2) is 13.1 Å². The van der Waals surface area contributed by atoms with Crippen LogP contribution in [0.15, 0.2) is 24.3 Å². The van der Waals surface area contributed by atoms with Crippen LogP contribution in [0, 0.1) is 5.92 Å². The molecule has 1 aliphatic carbocycles. The van der Waals surface area contributed by atoms with Crippen molar-refractivity contribution in [2.45, 2.75) is 52.0 Å². The Morgan fingerprint density at radius 1 is 0.905 bits per heavy atom. The molecule has 4 atom stereocenters. The first-order chi connectivity index (χ1) is 10.0. The van der Waals surface area contributed by atoms with Crippen LogP contribution in [0.4, 0.5) is 5.69 Å². The van der Waals surface area contributed by atoms with E-state index in [1.807, 2.05) is 0 Å². The molecule has 0 radical (unpaired) electrons. The van der Waals surface area contributed by atoms with Crippen LogP contribution in [0.5, 0.6) is 0 Å². The molecular weight excluding hydrogens is 254 g/mol. The number of rotatable bonds is 0. The summed E-state index contributed by atoms with van der Waals surface area (Å²) in [5.41, 5.74) is 6.47. The smallest absolute Gasteiger partial charge is 0.0485 e. The molecule has 110 valence electrons. The largest absolute Gasteiger partial charge is 0.371 e. The van der Waals surface area contributed by atoms with Crippen molar-refractivity contribution < 1.29 is 0 Å². The van der Waals surface area contributed by atoms with E-state index >= 15 is 0 Å². The zero-order valence-corrected chi connectivity index (χ0v) is 13.8. The Bertz CT molecular complexity index is 730. The molecule has 1 heterocycles. The third-order valence-electron chi connectivity index (χ3n) is 6.36. The van der Waals surface area contributed by atoms with Gasteiger partial charge in [-0.15, -0.1) is 0 Å². The molecule has 21 heavy (non-hydrogen) atoms. The molecule has 0 saturated carbocycles. The van der Waals surface area contributed by atoms with Crippen LogP contribution in [0.3, 0.4) is 0 Å². The van der Waals surface area contributed by atoms with Crippen molar-refractivity contribution in [2.75, 3.05) is 11.9 Å². The van der Waals surface area contributed by atoms with Crippen molar-refractivity contribution in [3.8, 4) is 0 Å². The number of likely N-dealkylation sites (N-methyl/N-ethyl adjacent to an activating group) is 1. The summed E-state index contributed by atoms with van der Waals surface area (Å²) in [5.74, 6) is 2.10. The molecular formula is C20H25N. The first-order valence-corrected chi connectivity index (χ1v) is 8.32. The summed E-state index contributed by atoms with van der Waals surface area (Å²) in [7, 11) is 2.27. The Balaban J connectivity index is 2.17. The van der Waals surface area contributed by atoms with E-state index in [1.54, 1.807) is 16.7 Å². The van der Waals surface area contributed by atoms with Gasteiger partial charge in [-0.05, 0) is 47.3 Å². The fraction of sp³-hybridized carbons (Fsp3) is 0.500. The number of fused-ring (bicyclic) bond motifs is 6. The number of anilines is 1. The van der Waals surface area contributed by atoms with Crippen molar-refractivity contribution >= 4 is 16.5 Å². The van der Waals surface area contributed by atoms with Crippen LogP contribution < -0.4 is 4.90 Å². The Morgan fingerprint density at radius 3 is 2.29 bits per heavy atom. The third kappa shape index (κ3) is 1.52. The molecule has 0 bridgehead atoms. The average Bonchev–Trinajstić information content (AvgIpc) is 2.90. The van der Waals surface area contributed by atoms with E-state index in [0.717, 1.165) is 5.92 Å². The second-order valence-electron chi connectivity index (χ2n) is 7.31. The minimum absolute atomic E-state index is 0.595. The minimum atomic E-state index is 0.595. The van der Waals surface area contributed by atoms with E-state index < -0.39 is 0 Å². The summed E-state index contributed by atoms with van der Waals surface area (Å²) in [6, 6.07) is 9.64. The maximum atomic E-state index is 2.51. The van der Waals surface area contributed by atoms with Crippen LogP contribution in [0.2, 0.25) is 0 Å². The van der Waals surface area contributed by atoms with Gasteiger partial charge in [-0.25, -0.2) is 0 Å². The van der Waals surface area contributed by atoms with E-state index in [9.17, 15) is 0 Å². The second kappa shape index (κ2) is 4.25. The fourth-order valence-corrected chi connectivity index (χ4v) is 4.68. The van der Waals surface area contributed by atoms with Gasteiger partial charge in [0.25, 0.3) is 0 Å². The van der Waals surface area contributed by atoms with Gasteiger partial charge in [-0.1, -0.05) is 45.0 Å². The first-order valence-electron chi connectivity index (χ1n) is 8.32. The van der Waals surface area contributed by atoms with Crippen molar-refractivity contribution in [2.24, 2.45) is 5.92 Å². The number of hydrogen-bond acceptors (Lipinski definition) is 1. The van der Waals surface area contributed by atoms with Gasteiger partial charge in [0, 0.05) is 30.1 Å². The standard InChI is InChI=1S/C20H25N/c1-11-10-17-15-8-6-7-9-16(15)20-19(18(17)12(11)2)13(3)14(4)21(20)5/h6-9,11-14H,10H2,1-5H3/t11-,12-,13+,14-/m0/s1. The molecule has 0 spiro atoms. The summed E-state index contributed by atoms with van der Waals surface area (Å²) < 4.78 is 0. The first kappa shape index (κ1) is 13.2. The minimum Gasteiger partial charge on any atom is -0.371 e. The lowest BCUT2D eigenvalue weighted by atomic mass is 9.85.